The summed E-state index contributed by atoms with van der Waals surface area (Å²) < 4.78 is 6.70. The van der Waals surface area contributed by atoms with Crippen LogP contribution in [-0.4, -0.2) is 40.5 Å². The molecule has 3 rings (SSSR count). The molecule has 6 nitrogen and oxygen atoms in total. The maximum Gasteiger partial charge on any atom is 0.262 e. The maximum absolute atomic E-state index is 12.9. The van der Waals surface area contributed by atoms with Crippen molar-refractivity contribution < 1.29 is 9.53 Å². The summed E-state index contributed by atoms with van der Waals surface area (Å²) in [5.41, 5.74) is 0.381. The van der Waals surface area contributed by atoms with E-state index in [0.29, 0.717) is 34.2 Å². The van der Waals surface area contributed by atoms with Gasteiger partial charge in [-0.1, -0.05) is 36.2 Å². The van der Waals surface area contributed by atoms with Crippen LogP contribution in [0.1, 0.15) is 32.6 Å². The van der Waals surface area contributed by atoms with Crippen LogP contribution in [0.2, 0.25) is 5.02 Å². The summed E-state index contributed by atoms with van der Waals surface area (Å²) in [4.78, 5) is 30.1. The number of rotatable bonds is 7. The number of aromatic nitrogens is 2. The van der Waals surface area contributed by atoms with Gasteiger partial charge in [-0.3, -0.25) is 14.2 Å². The molecule has 1 aliphatic carbocycles. The maximum atomic E-state index is 12.9. The van der Waals surface area contributed by atoms with Crippen molar-refractivity contribution in [2.45, 2.75) is 55.6 Å². The Morgan fingerprint density at radius 2 is 2.19 bits per heavy atom. The molecule has 1 aliphatic rings. The van der Waals surface area contributed by atoms with E-state index in [1.54, 1.807) is 29.9 Å². The van der Waals surface area contributed by atoms with Gasteiger partial charge >= 0.3 is 0 Å². The number of hydrogen-bond acceptors (Lipinski definition) is 5. The molecule has 1 amide bonds. The predicted molar refractivity (Wildman–Crippen MR) is 109 cm³/mol. The summed E-state index contributed by atoms with van der Waals surface area (Å²) in [6.07, 6.45) is 4.40. The fourth-order valence-corrected chi connectivity index (χ4v) is 4.35. The lowest BCUT2D eigenvalue weighted by Gasteiger charge is -2.18. The van der Waals surface area contributed by atoms with Crippen molar-refractivity contribution in [3.8, 4) is 0 Å². The first-order valence-electron chi connectivity index (χ1n) is 9.15. The van der Waals surface area contributed by atoms with E-state index in [1.807, 2.05) is 6.92 Å². The van der Waals surface area contributed by atoms with Crippen LogP contribution < -0.4 is 10.9 Å². The van der Waals surface area contributed by atoms with E-state index in [9.17, 15) is 9.59 Å². The largest absolute Gasteiger partial charge is 0.383 e. The zero-order valence-electron chi connectivity index (χ0n) is 15.5. The predicted octanol–water partition coefficient (Wildman–Crippen LogP) is 3.24. The smallest absolute Gasteiger partial charge is 0.262 e. The molecule has 1 N–H and O–H groups in total. The highest BCUT2D eigenvalue weighted by Gasteiger charge is 2.23. The second-order valence-corrected chi connectivity index (χ2v) is 8.50. The van der Waals surface area contributed by atoms with Crippen LogP contribution in [0.25, 0.3) is 10.9 Å². The van der Waals surface area contributed by atoms with E-state index in [-0.39, 0.29) is 22.8 Å². The van der Waals surface area contributed by atoms with Crippen LogP contribution in [0.4, 0.5) is 0 Å². The Bertz CT molecular complexity index is 880. The molecular formula is C19H24ClN3O3S. The summed E-state index contributed by atoms with van der Waals surface area (Å²) in [6.45, 7) is 2.60. The molecule has 0 spiro atoms. The highest BCUT2D eigenvalue weighted by atomic mass is 35.5. The fraction of sp³-hybridized carbons (Fsp3) is 0.526. The average Bonchev–Trinajstić information content (AvgIpc) is 3.14. The second-order valence-electron chi connectivity index (χ2n) is 6.76. The minimum Gasteiger partial charge on any atom is -0.383 e. The summed E-state index contributed by atoms with van der Waals surface area (Å²) >= 11 is 7.35. The van der Waals surface area contributed by atoms with E-state index in [1.165, 1.54) is 11.8 Å². The summed E-state index contributed by atoms with van der Waals surface area (Å²) in [7, 11) is 1.59. The van der Waals surface area contributed by atoms with Gasteiger partial charge < -0.3 is 10.1 Å². The molecule has 1 atom stereocenters. The van der Waals surface area contributed by atoms with Gasteiger partial charge in [0.25, 0.3) is 5.56 Å². The number of nitrogens with one attached hydrogen (secondary N) is 1. The van der Waals surface area contributed by atoms with Crippen molar-refractivity contribution in [2.75, 3.05) is 13.7 Å². The zero-order chi connectivity index (χ0) is 19.4. The molecule has 1 saturated carbocycles. The third kappa shape index (κ3) is 4.83. The number of methoxy groups -OCH3 is 1. The van der Waals surface area contributed by atoms with Crippen LogP contribution >= 0.6 is 23.4 Å². The first kappa shape index (κ1) is 20.2. The van der Waals surface area contributed by atoms with Crippen LogP contribution in [-0.2, 0) is 16.1 Å². The van der Waals surface area contributed by atoms with Crippen LogP contribution in [0, 0.1) is 0 Å². The number of nitrogens with zero attached hydrogens (tertiary/aromatic N) is 2. The zero-order valence-corrected chi connectivity index (χ0v) is 17.1. The van der Waals surface area contributed by atoms with Gasteiger partial charge in [-0.05, 0) is 38.0 Å². The lowest BCUT2D eigenvalue weighted by molar-refractivity contribution is -0.120. The Hall–Kier alpha value is -1.57. The molecule has 2 aromatic rings. The molecule has 0 radical (unpaired) electrons. The van der Waals surface area contributed by atoms with E-state index in [4.69, 9.17) is 16.3 Å². The van der Waals surface area contributed by atoms with Gasteiger partial charge in [-0.15, -0.1) is 0 Å². The minimum atomic E-state index is -0.358. The quantitative estimate of drug-likeness (QED) is 0.561. The standard InChI is InChI=1S/C19H24ClN3O3S/c1-12(17(24)21-14-5-3-4-6-14)27-19-22-16-11-13(20)7-8-15(16)18(25)23(19)9-10-26-2/h7-8,11-12,14H,3-6,9-10H2,1-2H3,(H,21,24). The minimum absolute atomic E-state index is 0.0226. The van der Waals surface area contributed by atoms with E-state index in [2.05, 4.69) is 10.3 Å². The normalized spacial score (nSPS) is 16.0. The first-order chi connectivity index (χ1) is 13.0. The van der Waals surface area contributed by atoms with Gasteiger partial charge in [-0.2, -0.15) is 0 Å². The molecule has 8 heteroatoms. The molecule has 0 aliphatic heterocycles. The molecule has 0 bridgehead atoms. The average molecular weight is 410 g/mol. The van der Waals surface area contributed by atoms with Gasteiger partial charge in [0.2, 0.25) is 5.91 Å². The Morgan fingerprint density at radius 3 is 2.89 bits per heavy atom. The number of carbonyl (C=O) groups excluding carboxylic acids is 1. The van der Waals surface area contributed by atoms with E-state index in [0.717, 1.165) is 25.7 Å². The van der Waals surface area contributed by atoms with Gasteiger partial charge in [0.05, 0.1) is 29.3 Å². The van der Waals surface area contributed by atoms with Crippen LogP contribution in [0.5, 0.6) is 0 Å². The van der Waals surface area contributed by atoms with Gasteiger partial charge in [0.15, 0.2) is 5.16 Å². The molecule has 1 unspecified atom stereocenters. The first-order valence-corrected chi connectivity index (χ1v) is 10.4. The fourth-order valence-electron chi connectivity index (χ4n) is 3.24. The SMILES string of the molecule is COCCn1c(SC(C)C(=O)NC2CCCC2)nc2cc(Cl)ccc2c1=O. The van der Waals surface area contributed by atoms with Crippen molar-refractivity contribution in [1.82, 2.24) is 14.9 Å². The van der Waals surface area contributed by atoms with Gasteiger partial charge in [0.1, 0.15) is 0 Å². The third-order valence-electron chi connectivity index (χ3n) is 4.75. The van der Waals surface area contributed by atoms with Crippen LogP contribution in [0.15, 0.2) is 28.2 Å². The summed E-state index contributed by atoms with van der Waals surface area (Å²) in [6, 6.07) is 5.30. The molecule has 1 heterocycles. The van der Waals surface area contributed by atoms with Crippen molar-refractivity contribution in [3.63, 3.8) is 0 Å². The van der Waals surface area contributed by atoms with E-state index < -0.39 is 0 Å². The lowest BCUT2D eigenvalue weighted by atomic mass is 10.2. The van der Waals surface area contributed by atoms with Crippen molar-refractivity contribution in [2.24, 2.45) is 0 Å². The number of carbonyl (C=O) groups is 1. The monoisotopic (exact) mass is 409 g/mol. The molecule has 146 valence electrons. The van der Waals surface area contributed by atoms with E-state index >= 15 is 0 Å². The van der Waals surface area contributed by atoms with Crippen molar-refractivity contribution in [1.29, 1.82) is 0 Å². The number of thioether (sulfide) groups is 1. The number of amides is 1. The van der Waals surface area contributed by atoms with Gasteiger partial charge in [-0.25, -0.2) is 4.98 Å². The number of fused-ring (bicyclic) bond motifs is 1. The van der Waals surface area contributed by atoms with Crippen molar-refractivity contribution in [3.05, 3.63) is 33.6 Å². The molecule has 27 heavy (non-hydrogen) atoms. The Kier molecular flexibility index (Phi) is 6.78. The number of hydrogen-bond donors (Lipinski definition) is 1. The highest BCUT2D eigenvalue weighted by Crippen LogP contribution is 2.25. The molecule has 1 fully saturated rings. The Balaban J connectivity index is 1.88. The third-order valence-corrected chi connectivity index (χ3v) is 6.08. The Morgan fingerprint density at radius 1 is 1.44 bits per heavy atom. The van der Waals surface area contributed by atoms with Crippen LogP contribution in [0.3, 0.4) is 0 Å². The summed E-state index contributed by atoms with van der Waals surface area (Å²) in [5, 5.41) is 4.27. The molecule has 0 saturated heterocycles. The topological polar surface area (TPSA) is 73.2 Å². The van der Waals surface area contributed by atoms with Crippen molar-refractivity contribution >= 4 is 40.2 Å². The molecule has 1 aromatic heterocycles. The second kappa shape index (κ2) is 9.08. The highest BCUT2D eigenvalue weighted by molar-refractivity contribution is 8.00. The number of halogens is 1. The molecular weight excluding hydrogens is 386 g/mol. The molecule has 1 aromatic carbocycles. The summed E-state index contributed by atoms with van der Waals surface area (Å²) in [5.74, 6) is -0.0226. The number of ether oxygens (including phenoxy) is 1. The lowest BCUT2D eigenvalue weighted by Crippen LogP contribution is -2.38. The number of benzene rings is 1. The Labute approximate surface area is 167 Å². The van der Waals surface area contributed by atoms with Gasteiger partial charge in [0, 0.05) is 18.2 Å².